The third-order valence-corrected chi connectivity index (χ3v) is 3.99. The van der Waals surface area contributed by atoms with Crippen LogP contribution >= 0.6 is 38.5 Å². The third-order valence-electron chi connectivity index (χ3n) is 1.91. The number of hydrogen-bond acceptors (Lipinski definition) is 2. The highest BCUT2D eigenvalue weighted by Gasteiger charge is 2.15. The first-order valence-corrected chi connectivity index (χ1v) is 6.62. The van der Waals surface area contributed by atoms with Crippen molar-refractivity contribution in [1.82, 2.24) is 0 Å². The van der Waals surface area contributed by atoms with Crippen LogP contribution in [-0.2, 0) is 4.79 Å². The quantitative estimate of drug-likeness (QED) is 0.586. The maximum atomic E-state index is 11.2. The molecule has 0 radical (unpaired) electrons. The van der Waals surface area contributed by atoms with Gasteiger partial charge in [-0.2, -0.15) is 0 Å². The molecule has 1 aromatic carbocycles. The molecule has 1 atom stereocenters. The molecule has 0 bridgehead atoms. The number of carbonyl (C=O) groups excluding carboxylic acids is 1. The average molecular weight is 383 g/mol. The topological polar surface area (TPSA) is 26.3 Å². The van der Waals surface area contributed by atoms with Crippen molar-refractivity contribution in [2.45, 2.75) is 18.7 Å². The molecule has 0 fully saturated rings. The Labute approximate surface area is 112 Å². The molecule has 0 N–H and O–H groups in total. The summed E-state index contributed by atoms with van der Waals surface area (Å²) in [5.74, 6) is 0.950. The Hall–Kier alpha value is -0.100. The van der Waals surface area contributed by atoms with Gasteiger partial charge in [-0.3, -0.25) is 4.79 Å². The monoisotopic (exact) mass is 382 g/mol. The second kappa shape index (κ2) is 5.84. The zero-order chi connectivity index (χ0) is 11.4. The Balaban J connectivity index is 2.97. The number of ketones is 1. The van der Waals surface area contributed by atoms with Crippen LogP contribution < -0.4 is 4.74 Å². The summed E-state index contributed by atoms with van der Waals surface area (Å²) < 4.78 is 6.41. The third kappa shape index (κ3) is 3.45. The highest BCUT2D eigenvalue weighted by atomic mass is 127. The maximum Gasteiger partial charge on any atom is 0.147 e. The van der Waals surface area contributed by atoms with Crippen LogP contribution in [0.25, 0.3) is 0 Å². The fraction of sp³-hybridized carbons (Fsp3) is 0.364. The maximum absolute atomic E-state index is 11.2. The molecule has 2 nitrogen and oxygen atoms in total. The lowest BCUT2D eigenvalue weighted by Crippen LogP contribution is -2.03. The average Bonchev–Trinajstić information content (AvgIpc) is 2.17. The van der Waals surface area contributed by atoms with Crippen molar-refractivity contribution in [2.75, 3.05) is 6.61 Å². The molecule has 0 amide bonds. The Morgan fingerprint density at radius 1 is 1.60 bits per heavy atom. The van der Waals surface area contributed by atoms with E-state index in [4.69, 9.17) is 4.74 Å². The molecule has 4 heteroatoms. The minimum absolute atomic E-state index is 0.108. The highest BCUT2D eigenvalue weighted by molar-refractivity contribution is 14.1. The molecule has 0 saturated heterocycles. The minimum atomic E-state index is -0.222. The smallest absolute Gasteiger partial charge is 0.147 e. The van der Waals surface area contributed by atoms with Crippen LogP contribution in [0.15, 0.2) is 18.2 Å². The molecule has 1 rings (SSSR count). The number of alkyl halides is 1. The van der Waals surface area contributed by atoms with Gasteiger partial charge in [-0.1, -0.05) is 22.0 Å². The van der Waals surface area contributed by atoms with Crippen LogP contribution in [0, 0.1) is 3.57 Å². The summed E-state index contributed by atoms with van der Waals surface area (Å²) in [4.78, 5) is 11.0. The second-order valence-electron chi connectivity index (χ2n) is 3.09. The molecular formula is C11H12BrIO2. The highest BCUT2D eigenvalue weighted by Crippen LogP contribution is 2.30. The fourth-order valence-electron chi connectivity index (χ4n) is 1.19. The number of rotatable bonds is 4. The summed E-state index contributed by atoms with van der Waals surface area (Å²) in [5, 5.41) is 0. The van der Waals surface area contributed by atoms with Crippen LogP contribution in [0.5, 0.6) is 5.75 Å². The first-order chi connectivity index (χ1) is 7.06. The van der Waals surface area contributed by atoms with Gasteiger partial charge in [0.25, 0.3) is 0 Å². The molecule has 0 aliphatic carbocycles. The minimum Gasteiger partial charge on any atom is -0.494 e. The van der Waals surface area contributed by atoms with E-state index >= 15 is 0 Å². The Morgan fingerprint density at radius 2 is 2.27 bits per heavy atom. The first kappa shape index (κ1) is 13.0. The molecule has 1 unspecified atom stereocenters. The number of ether oxygens (including phenoxy) is 1. The Bertz CT molecular complexity index is 366. The van der Waals surface area contributed by atoms with Crippen molar-refractivity contribution in [2.24, 2.45) is 0 Å². The predicted octanol–water partition coefficient (Wildman–Crippen LogP) is 3.71. The number of halogens is 2. The standard InChI is InChI=1S/C11H12BrIO2/c1-3-15-8-4-5-9(10(13)6-8)11(12)7(2)14/h4-6,11H,3H2,1-2H3. The Kier molecular flexibility index (Phi) is 5.05. The van der Waals surface area contributed by atoms with E-state index in [1.807, 2.05) is 25.1 Å². The number of carbonyl (C=O) groups is 1. The van der Waals surface area contributed by atoms with Gasteiger partial charge >= 0.3 is 0 Å². The molecule has 1 aromatic rings. The summed E-state index contributed by atoms with van der Waals surface area (Å²) in [5.41, 5.74) is 0.992. The predicted molar refractivity (Wildman–Crippen MR) is 72.7 cm³/mol. The summed E-state index contributed by atoms with van der Waals surface area (Å²) in [7, 11) is 0. The van der Waals surface area contributed by atoms with Gasteiger partial charge in [0, 0.05) is 3.57 Å². The van der Waals surface area contributed by atoms with Crippen molar-refractivity contribution in [3.05, 3.63) is 27.3 Å². The van der Waals surface area contributed by atoms with E-state index in [0.29, 0.717) is 6.61 Å². The fourth-order valence-corrected chi connectivity index (χ4v) is 2.81. The van der Waals surface area contributed by atoms with E-state index in [9.17, 15) is 4.79 Å². The lowest BCUT2D eigenvalue weighted by Gasteiger charge is -2.10. The van der Waals surface area contributed by atoms with E-state index in [-0.39, 0.29) is 10.6 Å². The van der Waals surface area contributed by atoms with Gasteiger partial charge in [0.2, 0.25) is 0 Å². The molecule has 0 aromatic heterocycles. The molecule has 0 saturated carbocycles. The van der Waals surface area contributed by atoms with Crippen LogP contribution in [0.1, 0.15) is 24.2 Å². The SMILES string of the molecule is CCOc1ccc(C(Br)C(C)=O)c(I)c1. The normalized spacial score (nSPS) is 12.3. The molecule has 0 aliphatic heterocycles. The summed E-state index contributed by atoms with van der Waals surface area (Å²) in [6.07, 6.45) is 0. The van der Waals surface area contributed by atoms with Gasteiger partial charge < -0.3 is 4.74 Å². The lowest BCUT2D eigenvalue weighted by molar-refractivity contribution is -0.116. The van der Waals surface area contributed by atoms with Crippen LogP contribution in [0.4, 0.5) is 0 Å². The van der Waals surface area contributed by atoms with Crippen LogP contribution in [0.2, 0.25) is 0 Å². The molecule has 82 valence electrons. The molecule has 0 spiro atoms. The zero-order valence-electron chi connectivity index (χ0n) is 8.59. The van der Waals surface area contributed by atoms with E-state index in [1.54, 1.807) is 6.92 Å². The van der Waals surface area contributed by atoms with Crippen molar-refractivity contribution in [3.63, 3.8) is 0 Å². The van der Waals surface area contributed by atoms with Gasteiger partial charge in [0.1, 0.15) is 11.5 Å². The second-order valence-corrected chi connectivity index (χ2v) is 5.17. The van der Waals surface area contributed by atoms with Crippen LogP contribution in [0.3, 0.4) is 0 Å². The number of hydrogen-bond donors (Lipinski definition) is 0. The summed E-state index contributed by atoms with van der Waals surface area (Å²) >= 11 is 5.58. The zero-order valence-corrected chi connectivity index (χ0v) is 12.3. The van der Waals surface area contributed by atoms with Gasteiger partial charge in [0.15, 0.2) is 0 Å². The van der Waals surface area contributed by atoms with Crippen molar-refractivity contribution in [1.29, 1.82) is 0 Å². The van der Waals surface area contributed by atoms with E-state index < -0.39 is 0 Å². The Morgan fingerprint density at radius 3 is 2.73 bits per heavy atom. The molecule has 0 aliphatic rings. The van der Waals surface area contributed by atoms with Crippen molar-refractivity contribution in [3.8, 4) is 5.75 Å². The molecule has 15 heavy (non-hydrogen) atoms. The van der Waals surface area contributed by atoms with Gasteiger partial charge in [-0.25, -0.2) is 0 Å². The molecular weight excluding hydrogens is 371 g/mol. The van der Waals surface area contributed by atoms with Gasteiger partial charge in [-0.05, 0) is 54.1 Å². The van der Waals surface area contributed by atoms with Gasteiger partial charge in [0.05, 0.1) is 11.4 Å². The van der Waals surface area contributed by atoms with Crippen LogP contribution in [-0.4, -0.2) is 12.4 Å². The number of benzene rings is 1. The van der Waals surface area contributed by atoms with Crippen molar-refractivity contribution >= 4 is 44.3 Å². The number of Topliss-reactive ketones (excluding diaryl/α,β-unsaturated/α-hetero) is 1. The van der Waals surface area contributed by atoms with E-state index in [1.165, 1.54) is 0 Å². The first-order valence-electron chi connectivity index (χ1n) is 4.63. The molecule has 0 heterocycles. The van der Waals surface area contributed by atoms with E-state index in [0.717, 1.165) is 14.9 Å². The summed E-state index contributed by atoms with van der Waals surface area (Å²) in [6, 6.07) is 5.75. The van der Waals surface area contributed by atoms with Crippen molar-refractivity contribution < 1.29 is 9.53 Å². The van der Waals surface area contributed by atoms with E-state index in [2.05, 4.69) is 38.5 Å². The van der Waals surface area contributed by atoms with Gasteiger partial charge in [-0.15, -0.1) is 0 Å². The summed E-state index contributed by atoms with van der Waals surface area (Å²) in [6.45, 7) is 4.18. The lowest BCUT2D eigenvalue weighted by atomic mass is 10.1. The largest absolute Gasteiger partial charge is 0.494 e.